The number of aliphatic hydroxyl groups excluding tert-OH is 1. The first kappa shape index (κ1) is 16.5. The molecule has 1 aliphatic heterocycles. The number of hydrogen-bond acceptors (Lipinski definition) is 4. The molecule has 4 nitrogen and oxygen atoms in total. The van der Waals surface area contributed by atoms with E-state index < -0.39 is 0 Å². The van der Waals surface area contributed by atoms with Crippen molar-refractivity contribution >= 4 is 11.8 Å². The molecule has 144 valence electrons. The number of ketones is 1. The van der Waals surface area contributed by atoms with E-state index in [0.29, 0.717) is 54.1 Å². The number of carbonyl (C=O) groups excluding carboxylic acids is 2. The van der Waals surface area contributed by atoms with Crippen molar-refractivity contribution in [3.05, 3.63) is 23.3 Å². The minimum absolute atomic E-state index is 0.0208. The van der Waals surface area contributed by atoms with Crippen LogP contribution in [0, 0.1) is 40.9 Å². The van der Waals surface area contributed by atoms with Crippen molar-refractivity contribution < 1.29 is 19.4 Å². The third-order valence-corrected chi connectivity index (χ3v) is 9.44. The normalized spacial score (nSPS) is 52.4. The van der Waals surface area contributed by atoms with Gasteiger partial charge in [0.1, 0.15) is 11.4 Å². The summed E-state index contributed by atoms with van der Waals surface area (Å²) in [5.41, 5.74) is 2.07. The molecule has 1 N–H and O–H groups in total. The lowest BCUT2D eigenvalue weighted by Crippen LogP contribution is -2.55. The summed E-state index contributed by atoms with van der Waals surface area (Å²) in [6.45, 7) is 2.46. The highest BCUT2D eigenvalue weighted by atomic mass is 16.6. The van der Waals surface area contributed by atoms with Crippen LogP contribution < -0.4 is 0 Å². The van der Waals surface area contributed by atoms with Gasteiger partial charge in [0.15, 0.2) is 0 Å². The molecular formula is C23H28O4. The highest BCUT2D eigenvalue weighted by Gasteiger charge is 2.77. The van der Waals surface area contributed by atoms with Crippen LogP contribution >= 0.6 is 0 Å². The number of hydrogen-bond donors (Lipinski definition) is 1. The fourth-order valence-electron chi connectivity index (χ4n) is 8.43. The van der Waals surface area contributed by atoms with Gasteiger partial charge in [-0.1, -0.05) is 12.5 Å². The second kappa shape index (κ2) is 5.14. The van der Waals surface area contributed by atoms with Crippen LogP contribution in [-0.4, -0.2) is 29.1 Å². The molecule has 1 heterocycles. The number of aliphatic hydroxyl groups is 1. The van der Waals surface area contributed by atoms with Crippen LogP contribution in [0.2, 0.25) is 0 Å². The van der Waals surface area contributed by atoms with E-state index in [1.165, 1.54) is 12.0 Å². The highest BCUT2D eigenvalue weighted by molar-refractivity contribution is 5.86. The predicted molar refractivity (Wildman–Crippen MR) is 98.4 cm³/mol. The molecule has 4 fully saturated rings. The average Bonchev–Trinajstić information content (AvgIpc) is 3.29. The van der Waals surface area contributed by atoms with Gasteiger partial charge in [-0.05, 0) is 73.3 Å². The van der Waals surface area contributed by atoms with Crippen molar-refractivity contribution in [1.29, 1.82) is 0 Å². The number of fused-ring (bicyclic) bond motifs is 9. The van der Waals surface area contributed by atoms with Crippen molar-refractivity contribution in [1.82, 2.24) is 0 Å². The van der Waals surface area contributed by atoms with E-state index in [1.54, 1.807) is 6.08 Å². The van der Waals surface area contributed by atoms with Crippen LogP contribution in [0.5, 0.6) is 0 Å². The van der Waals surface area contributed by atoms with Crippen LogP contribution in [0.4, 0.5) is 0 Å². The Labute approximate surface area is 160 Å². The maximum absolute atomic E-state index is 12.1. The van der Waals surface area contributed by atoms with Gasteiger partial charge in [-0.15, -0.1) is 0 Å². The van der Waals surface area contributed by atoms with E-state index in [2.05, 4.69) is 13.0 Å². The number of rotatable bonds is 1. The summed E-state index contributed by atoms with van der Waals surface area (Å²) in [6.07, 6.45) is 10.4. The SMILES string of the molecule is C[C@]12CCC3C(CC(CO)=C4CC(=O)CC[C@@H]43)C1C1CC1[C@@]21C=CC(=O)O1. The molecule has 0 aromatic heterocycles. The molecule has 0 aromatic carbocycles. The Bertz CT molecular complexity index is 809. The van der Waals surface area contributed by atoms with E-state index in [9.17, 15) is 14.7 Å². The van der Waals surface area contributed by atoms with Crippen molar-refractivity contribution in [3.63, 3.8) is 0 Å². The van der Waals surface area contributed by atoms with Gasteiger partial charge in [-0.25, -0.2) is 4.79 Å². The van der Waals surface area contributed by atoms with Gasteiger partial charge in [-0.3, -0.25) is 4.79 Å². The largest absolute Gasteiger partial charge is 0.451 e. The molecule has 5 unspecified atom stereocenters. The summed E-state index contributed by atoms with van der Waals surface area (Å²) in [5, 5.41) is 10.1. The molecule has 0 radical (unpaired) electrons. The molecule has 0 saturated heterocycles. The Hall–Kier alpha value is -1.42. The Morgan fingerprint density at radius 2 is 2.07 bits per heavy atom. The number of Topliss-reactive ketones (excluding diaryl/α,β-unsaturated/α-hetero) is 1. The third-order valence-electron chi connectivity index (χ3n) is 9.44. The first-order valence-electron chi connectivity index (χ1n) is 10.7. The zero-order chi connectivity index (χ0) is 18.6. The lowest BCUT2D eigenvalue weighted by atomic mass is 9.49. The van der Waals surface area contributed by atoms with Gasteiger partial charge in [0.05, 0.1) is 6.61 Å². The molecule has 27 heavy (non-hydrogen) atoms. The fourth-order valence-corrected chi connectivity index (χ4v) is 8.43. The van der Waals surface area contributed by atoms with Crippen LogP contribution in [0.1, 0.15) is 51.9 Å². The Morgan fingerprint density at radius 1 is 1.22 bits per heavy atom. The van der Waals surface area contributed by atoms with Crippen molar-refractivity contribution in [2.75, 3.05) is 6.61 Å². The quantitative estimate of drug-likeness (QED) is 0.570. The first-order chi connectivity index (χ1) is 13.0. The second-order valence-electron chi connectivity index (χ2n) is 10.2. The molecule has 0 bridgehead atoms. The lowest BCUT2D eigenvalue weighted by molar-refractivity contribution is -0.167. The Balaban J connectivity index is 1.41. The number of carbonyl (C=O) groups is 2. The molecule has 4 heteroatoms. The van der Waals surface area contributed by atoms with Crippen LogP contribution in [0.25, 0.3) is 0 Å². The van der Waals surface area contributed by atoms with E-state index in [-0.39, 0.29) is 23.6 Å². The van der Waals surface area contributed by atoms with Crippen molar-refractivity contribution in [3.8, 4) is 0 Å². The van der Waals surface area contributed by atoms with E-state index in [1.807, 2.05) is 0 Å². The summed E-state index contributed by atoms with van der Waals surface area (Å²) >= 11 is 0. The van der Waals surface area contributed by atoms with Gasteiger partial charge in [0.25, 0.3) is 0 Å². The molecule has 0 amide bonds. The molecule has 8 atom stereocenters. The average molecular weight is 368 g/mol. The molecule has 5 aliphatic carbocycles. The summed E-state index contributed by atoms with van der Waals surface area (Å²) in [7, 11) is 0. The smallest absolute Gasteiger partial charge is 0.331 e. The number of esters is 1. The van der Waals surface area contributed by atoms with E-state index in [0.717, 1.165) is 31.3 Å². The molecule has 0 aromatic rings. The molecular weight excluding hydrogens is 340 g/mol. The van der Waals surface area contributed by atoms with Crippen LogP contribution in [0.15, 0.2) is 23.3 Å². The van der Waals surface area contributed by atoms with Gasteiger partial charge in [-0.2, -0.15) is 0 Å². The maximum Gasteiger partial charge on any atom is 0.331 e. The number of ether oxygens (including phenoxy) is 1. The van der Waals surface area contributed by atoms with Gasteiger partial charge < -0.3 is 9.84 Å². The first-order valence-corrected chi connectivity index (χ1v) is 10.7. The van der Waals surface area contributed by atoms with Gasteiger partial charge >= 0.3 is 5.97 Å². The summed E-state index contributed by atoms with van der Waals surface area (Å²) in [5.74, 6) is 3.58. The molecule has 1 spiro atoms. The summed E-state index contributed by atoms with van der Waals surface area (Å²) in [6, 6.07) is 0. The summed E-state index contributed by atoms with van der Waals surface area (Å²) < 4.78 is 6.03. The standard InChI is InChI=1S/C23H28O4/c1-22-6-4-15-14-3-2-13(25)9-16(14)12(11-24)8-17(15)21(22)18-10-19(18)23(22)7-5-20(26)27-23/h5,7,14-15,17-19,21,24H,2-4,6,8-11H2,1H3/t14-,15?,17?,18?,19?,21?,22+,23+/m1/s1. The molecule has 4 saturated carbocycles. The Morgan fingerprint density at radius 3 is 2.81 bits per heavy atom. The minimum Gasteiger partial charge on any atom is -0.451 e. The van der Waals surface area contributed by atoms with Gasteiger partial charge in [0, 0.05) is 30.3 Å². The van der Waals surface area contributed by atoms with Crippen LogP contribution in [0.3, 0.4) is 0 Å². The zero-order valence-electron chi connectivity index (χ0n) is 15.9. The lowest BCUT2D eigenvalue weighted by Gasteiger charge is -2.57. The number of allylic oxidation sites excluding steroid dienone is 1. The molecule has 6 aliphatic rings. The summed E-state index contributed by atoms with van der Waals surface area (Å²) in [4.78, 5) is 24.1. The van der Waals surface area contributed by atoms with E-state index >= 15 is 0 Å². The fraction of sp³-hybridized carbons (Fsp3) is 0.739. The van der Waals surface area contributed by atoms with Crippen LogP contribution in [-0.2, 0) is 14.3 Å². The molecule has 6 rings (SSSR count). The second-order valence-corrected chi connectivity index (χ2v) is 10.2. The zero-order valence-corrected chi connectivity index (χ0v) is 15.9. The third kappa shape index (κ3) is 1.88. The Kier molecular flexibility index (Phi) is 3.14. The van der Waals surface area contributed by atoms with Crippen molar-refractivity contribution in [2.24, 2.45) is 40.9 Å². The maximum atomic E-state index is 12.1. The van der Waals surface area contributed by atoms with Crippen molar-refractivity contribution in [2.45, 2.75) is 57.5 Å². The van der Waals surface area contributed by atoms with Gasteiger partial charge in [0.2, 0.25) is 0 Å². The van der Waals surface area contributed by atoms with E-state index in [4.69, 9.17) is 4.74 Å². The minimum atomic E-state index is -0.379. The highest BCUT2D eigenvalue weighted by Crippen LogP contribution is 2.77. The predicted octanol–water partition coefficient (Wildman–Crippen LogP) is 3.20. The monoisotopic (exact) mass is 368 g/mol. The topological polar surface area (TPSA) is 63.6 Å².